The Morgan fingerprint density at radius 2 is 1.88 bits per heavy atom. The van der Waals surface area contributed by atoms with Gasteiger partial charge in [0.2, 0.25) is 0 Å². The number of aliphatic hydroxyl groups is 1. The van der Waals surface area contributed by atoms with Crippen molar-refractivity contribution in [3.8, 4) is 11.3 Å². The highest BCUT2D eigenvalue weighted by molar-refractivity contribution is 5.59. The van der Waals surface area contributed by atoms with Crippen LogP contribution in [-0.2, 0) is 6.42 Å². The molecule has 0 saturated heterocycles. The second kappa shape index (κ2) is 4.90. The van der Waals surface area contributed by atoms with Gasteiger partial charge in [0.1, 0.15) is 0 Å². The molecule has 0 amide bonds. The molecular weight excluding hydrogens is 198 g/mol. The van der Waals surface area contributed by atoms with Crippen LogP contribution in [0.2, 0.25) is 0 Å². The Bertz CT molecular complexity index is 462. The van der Waals surface area contributed by atoms with E-state index in [1.807, 2.05) is 12.1 Å². The van der Waals surface area contributed by atoms with Gasteiger partial charge in [-0.2, -0.15) is 0 Å². The summed E-state index contributed by atoms with van der Waals surface area (Å²) < 4.78 is 0. The quantitative estimate of drug-likeness (QED) is 0.850. The van der Waals surface area contributed by atoms with Gasteiger partial charge >= 0.3 is 0 Å². The van der Waals surface area contributed by atoms with Crippen molar-refractivity contribution in [2.45, 2.75) is 13.3 Å². The number of pyridine rings is 1. The van der Waals surface area contributed by atoms with Gasteiger partial charge in [0.25, 0.3) is 0 Å². The number of hydrogen-bond acceptors (Lipinski definition) is 2. The lowest BCUT2D eigenvalue weighted by Gasteiger charge is -2.04. The van der Waals surface area contributed by atoms with E-state index in [1.54, 1.807) is 6.20 Å². The lowest BCUT2D eigenvalue weighted by Crippen LogP contribution is -1.92. The Morgan fingerprint density at radius 1 is 1.12 bits per heavy atom. The lowest BCUT2D eigenvalue weighted by atomic mass is 10.1. The molecule has 0 aliphatic carbocycles. The first-order valence-electron chi connectivity index (χ1n) is 5.42. The predicted octanol–water partition coefficient (Wildman–Crippen LogP) is 2.59. The van der Waals surface area contributed by atoms with Gasteiger partial charge in [0, 0.05) is 18.4 Å². The number of nitrogens with zero attached hydrogens (tertiary/aromatic N) is 1. The Hall–Kier alpha value is -1.67. The summed E-state index contributed by atoms with van der Waals surface area (Å²) in [4.78, 5) is 4.34. The summed E-state index contributed by atoms with van der Waals surface area (Å²) in [5, 5.41) is 8.90. The van der Waals surface area contributed by atoms with Crippen LogP contribution in [0.25, 0.3) is 11.3 Å². The molecule has 0 atom stereocenters. The molecule has 2 nitrogen and oxygen atoms in total. The largest absolute Gasteiger partial charge is 0.396 e. The second-order valence-electron chi connectivity index (χ2n) is 3.89. The van der Waals surface area contributed by atoms with Crippen molar-refractivity contribution in [2.24, 2.45) is 0 Å². The molecule has 82 valence electrons. The highest BCUT2D eigenvalue weighted by atomic mass is 16.2. The molecule has 0 unspecified atom stereocenters. The smallest absolute Gasteiger partial charge is 0.0704 e. The van der Waals surface area contributed by atoms with Crippen LogP contribution in [0.15, 0.2) is 42.6 Å². The Labute approximate surface area is 95.6 Å². The van der Waals surface area contributed by atoms with Gasteiger partial charge in [-0.05, 0) is 31.0 Å². The summed E-state index contributed by atoms with van der Waals surface area (Å²) in [5.41, 5.74) is 4.44. The first-order valence-corrected chi connectivity index (χ1v) is 5.42. The fourth-order valence-electron chi connectivity index (χ4n) is 1.64. The van der Waals surface area contributed by atoms with E-state index in [0.717, 1.165) is 16.8 Å². The fraction of sp³-hybridized carbons (Fsp3) is 0.214. The van der Waals surface area contributed by atoms with Gasteiger partial charge in [-0.3, -0.25) is 4.98 Å². The molecule has 2 aromatic rings. The third kappa shape index (κ3) is 2.47. The monoisotopic (exact) mass is 213 g/mol. The van der Waals surface area contributed by atoms with E-state index in [0.29, 0.717) is 6.42 Å². The van der Waals surface area contributed by atoms with Crippen LogP contribution < -0.4 is 0 Å². The van der Waals surface area contributed by atoms with Crippen molar-refractivity contribution in [2.75, 3.05) is 6.61 Å². The van der Waals surface area contributed by atoms with Crippen LogP contribution in [0.1, 0.15) is 11.1 Å². The summed E-state index contributed by atoms with van der Waals surface area (Å²) >= 11 is 0. The van der Waals surface area contributed by atoms with E-state index in [9.17, 15) is 0 Å². The fourth-order valence-corrected chi connectivity index (χ4v) is 1.64. The van der Waals surface area contributed by atoms with E-state index < -0.39 is 0 Å². The van der Waals surface area contributed by atoms with Crippen molar-refractivity contribution < 1.29 is 5.11 Å². The van der Waals surface area contributed by atoms with Gasteiger partial charge in [0.15, 0.2) is 0 Å². The lowest BCUT2D eigenvalue weighted by molar-refractivity contribution is 0.299. The zero-order valence-electron chi connectivity index (χ0n) is 9.35. The molecule has 2 rings (SSSR count). The number of hydrogen-bond donors (Lipinski definition) is 1. The Kier molecular flexibility index (Phi) is 3.32. The van der Waals surface area contributed by atoms with Gasteiger partial charge in [-0.1, -0.05) is 29.8 Å². The van der Waals surface area contributed by atoms with Crippen LogP contribution >= 0.6 is 0 Å². The van der Waals surface area contributed by atoms with E-state index in [4.69, 9.17) is 5.11 Å². The van der Waals surface area contributed by atoms with Crippen LogP contribution in [0, 0.1) is 6.92 Å². The number of aliphatic hydroxyl groups excluding tert-OH is 1. The average Bonchev–Trinajstić information content (AvgIpc) is 2.31. The highest BCUT2D eigenvalue weighted by Gasteiger charge is 2.00. The van der Waals surface area contributed by atoms with Crippen LogP contribution in [-0.4, -0.2) is 16.7 Å². The van der Waals surface area contributed by atoms with Crippen LogP contribution in [0.4, 0.5) is 0 Å². The average molecular weight is 213 g/mol. The first-order chi connectivity index (χ1) is 7.79. The number of aryl methyl sites for hydroxylation is 1. The SMILES string of the molecule is Cc1ccc(-c2cc(CCO)ccn2)cc1. The zero-order chi connectivity index (χ0) is 11.4. The number of benzene rings is 1. The molecular formula is C14H15NO. The normalized spacial score (nSPS) is 10.4. The summed E-state index contributed by atoms with van der Waals surface area (Å²) in [7, 11) is 0. The maximum Gasteiger partial charge on any atom is 0.0704 e. The molecule has 0 saturated carbocycles. The van der Waals surface area contributed by atoms with Crippen molar-refractivity contribution >= 4 is 0 Å². The minimum atomic E-state index is 0.178. The summed E-state index contributed by atoms with van der Waals surface area (Å²) in [6, 6.07) is 12.3. The molecule has 1 aromatic heterocycles. The third-order valence-corrected chi connectivity index (χ3v) is 2.57. The minimum absolute atomic E-state index is 0.178. The molecule has 1 heterocycles. The van der Waals surface area contributed by atoms with E-state index in [2.05, 4.69) is 36.2 Å². The second-order valence-corrected chi connectivity index (χ2v) is 3.89. The molecule has 1 aromatic carbocycles. The number of aromatic nitrogens is 1. The summed E-state index contributed by atoms with van der Waals surface area (Å²) in [5.74, 6) is 0. The van der Waals surface area contributed by atoms with Crippen molar-refractivity contribution in [3.63, 3.8) is 0 Å². The Balaban J connectivity index is 2.32. The molecule has 0 aliphatic rings. The molecule has 0 aliphatic heterocycles. The first kappa shape index (κ1) is 10.8. The third-order valence-electron chi connectivity index (χ3n) is 2.57. The van der Waals surface area contributed by atoms with Gasteiger partial charge in [-0.25, -0.2) is 0 Å². The topological polar surface area (TPSA) is 33.1 Å². The molecule has 1 N–H and O–H groups in total. The van der Waals surface area contributed by atoms with Gasteiger partial charge in [0.05, 0.1) is 5.69 Å². The number of rotatable bonds is 3. The van der Waals surface area contributed by atoms with Gasteiger partial charge in [-0.15, -0.1) is 0 Å². The summed E-state index contributed by atoms with van der Waals surface area (Å²) in [6.07, 6.45) is 2.47. The Morgan fingerprint density at radius 3 is 2.56 bits per heavy atom. The van der Waals surface area contributed by atoms with Crippen molar-refractivity contribution in [3.05, 3.63) is 53.7 Å². The molecule has 0 bridgehead atoms. The maximum absolute atomic E-state index is 8.90. The molecule has 0 fully saturated rings. The van der Waals surface area contributed by atoms with Crippen LogP contribution in [0.5, 0.6) is 0 Å². The van der Waals surface area contributed by atoms with Crippen molar-refractivity contribution in [1.82, 2.24) is 4.98 Å². The van der Waals surface area contributed by atoms with Gasteiger partial charge < -0.3 is 5.11 Å². The molecule has 16 heavy (non-hydrogen) atoms. The van der Waals surface area contributed by atoms with E-state index in [1.165, 1.54) is 5.56 Å². The molecule has 0 radical (unpaired) electrons. The highest BCUT2D eigenvalue weighted by Crippen LogP contribution is 2.18. The zero-order valence-corrected chi connectivity index (χ0v) is 9.35. The maximum atomic E-state index is 8.90. The van der Waals surface area contributed by atoms with E-state index >= 15 is 0 Å². The summed E-state index contributed by atoms with van der Waals surface area (Å²) in [6.45, 7) is 2.25. The minimum Gasteiger partial charge on any atom is -0.396 e. The van der Waals surface area contributed by atoms with Crippen LogP contribution in [0.3, 0.4) is 0 Å². The molecule has 2 heteroatoms. The van der Waals surface area contributed by atoms with E-state index in [-0.39, 0.29) is 6.61 Å². The van der Waals surface area contributed by atoms with Crippen molar-refractivity contribution in [1.29, 1.82) is 0 Å². The standard InChI is InChI=1S/C14H15NO/c1-11-2-4-13(5-3-11)14-10-12(7-9-16)6-8-15-14/h2-6,8,10,16H,7,9H2,1H3. The predicted molar refractivity (Wildman–Crippen MR) is 65.2 cm³/mol. The molecule has 0 spiro atoms.